The van der Waals surface area contributed by atoms with Gasteiger partial charge in [-0.3, -0.25) is 0 Å². The maximum Gasteiger partial charge on any atom is 0.129 e. The Morgan fingerprint density at radius 3 is 2.64 bits per heavy atom. The van der Waals surface area contributed by atoms with Gasteiger partial charge in [-0.25, -0.2) is 0 Å². The Morgan fingerprint density at radius 1 is 1.00 bits per heavy atom. The average molecular weight is 376 g/mol. The lowest BCUT2D eigenvalue weighted by molar-refractivity contribution is 0.259. The summed E-state index contributed by atoms with van der Waals surface area (Å²) in [4.78, 5) is 0. The highest BCUT2D eigenvalue weighted by Crippen LogP contribution is 2.41. The predicted octanol–water partition coefficient (Wildman–Crippen LogP) is 5.10. The summed E-state index contributed by atoms with van der Waals surface area (Å²) in [5.41, 5.74) is 5.39. The van der Waals surface area contributed by atoms with Gasteiger partial charge in [0.05, 0.1) is 20.8 Å². The molecule has 0 saturated heterocycles. The monoisotopic (exact) mass is 376 g/mol. The van der Waals surface area contributed by atoms with Gasteiger partial charge in [-0.15, -0.1) is 0 Å². The molecule has 4 heteroatoms. The molecule has 1 aliphatic rings. The van der Waals surface area contributed by atoms with E-state index in [0.717, 1.165) is 45.9 Å². The van der Waals surface area contributed by atoms with Crippen molar-refractivity contribution in [2.45, 2.75) is 19.3 Å². The van der Waals surface area contributed by atoms with Crippen LogP contribution in [0.1, 0.15) is 22.6 Å². The number of methoxy groups -OCH3 is 2. The van der Waals surface area contributed by atoms with E-state index in [1.807, 2.05) is 49.4 Å². The van der Waals surface area contributed by atoms with Crippen LogP contribution in [0.5, 0.6) is 23.0 Å². The van der Waals surface area contributed by atoms with Gasteiger partial charge in [-0.05, 0) is 65.9 Å². The lowest BCUT2D eigenvalue weighted by Gasteiger charge is -2.29. The Morgan fingerprint density at radius 2 is 1.86 bits per heavy atom. The molecule has 0 fully saturated rings. The smallest absolute Gasteiger partial charge is 0.129 e. The number of aromatic hydroxyl groups is 1. The molecular formula is C24H24O4. The molecule has 144 valence electrons. The number of fused-ring (bicyclic) bond motifs is 1. The van der Waals surface area contributed by atoms with Crippen molar-refractivity contribution in [3.8, 4) is 34.1 Å². The Hall–Kier alpha value is -3.14. The third kappa shape index (κ3) is 3.26. The zero-order chi connectivity index (χ0) is 19.7. The molecule has 0 aromatic heterocycles. The van der Waals surface area contributed by atoms with Gasteiger partial charge in [-0.2, -0.15) is 0 Å². The first kappa shape index (κ1) is 18.2. The van der Waals surface area contributed by atoms with E-state index in [4.69, 9.17) is 14.2 Å². The third-order valence-electron chi connectivity index (χ3n) is 5.41. The Bertz CT molecular complexity index is 1010. The SMILES string of the molecule is COc1cccc(-c2cc(O)ccc2[C@H]2COc3c(ccc(OC)c3C)C2)c1. The second-order valence-electron chi connectivity index (χ2n) is 7.10. The zero-order valence-electron chi connectivity index (χ0n) is 16.4. The molecule has 3 aromatic rings. The molecule has 1 atom stereocenters. The summed E-state index contributed by atoms with van der Waals surface area (Å²) >= 11 is 0. The fourth-order valence-electron chi connectivity index (χ4n) is 3.96. The van der Waals surface area contributed by atoms with Gasteiger partial charge in [0.15, 0.2) is 0 Å². The number of phenolic OH excluding ortho intramolecular Hbond substituents is 1. The van der Waals surface area contributed by atoms with Gasteiger partial charge in [-0.1, -0.05) is 24.3 Å². The van der Waals surface area contributed by atoms with E-state index < -0.39 is 0 Å². The van der Waals surface area contributed by atoms with E-state index in [1.54, 1.807) is 20.3 Å². The standard InChI is InChI=1S/C24H24O4/c1-15-23(27-3)10-7-17-11-18(14-28-24(15)17)21-9-8-19(25)13-22(21)16-5-4-6-20(12-16)26-2/h4-10,12-13,18,25H,11,14H2,1-3H3/t18-/m1/s1. The molecule has 28 heavy (non-hydrogen) atoms. The molecular weight excluding hydrogens is 352 g/mol. The summed E-state index contributed by atoms with van der Waals surface area (Å²) < 4.78 is 17.0. The van der Waals surface area contributed by atoms with Gasteiger partial charge < -0.3 is 19.3 Å². The lowest BCUT2D eigenvalue weighted by atomic mass is 9.85. The highest BCUT2D eigenvalue weighted by atomic mass is 16.5. The van der Waals surface area contributed by atoms with Crippen molar-refractivity contribution in [1.29, 1.82) is 0 Å². The van der Waals surface area contributed by atoms with Crippen molar-refractivity contribution in [2.24, 2.45) is 0 Å². The number of ether oxygens (including phenoxy) is 3. The molecule has 0 spiro atoms. The summed E-state index contributed by atoms with van der Waals surface area (Å²) in [5, 5.41) is 10.1. The van der Waals surface area contributed by atoms with Crippen molar-refractivity contribution in [3.63, 3.8) is 0 Å². The van der Waals surface area contributed by atoms with E-state index in [1.165, 1.54) is 5.56 Å². The summed E-state index contributed by atoms with van der Waals surface area (Å²) in [7, 11) is 3.34. The van der Waals surface area contributed by atoms with Crippen LogP contribution in [0.3, 0.4) is 0 Å². The second-order valence-corrected chi connectivity index (χ2v) is 7.10. The minimum atomic E-state index is 0.196. The van der Waals surface area contributed by atoms with Gasteiger partial charge >= 0.3 is 0 Å². The maximum absolute atomic E-state index is 10.1. The molecule has 0 radical (unpaired) electrons. The number of rotatable bonds is 4. The fourth-order valence-corrected chi connectivity index (χ4v) is 3.96. The molecule has 0 amide bonds. The Labute approximate surface area is 165 Å². The van der Waals surface area contributed by atoms with Gasteiger partial charge in [0, 0.05) is 11.5 Å². The molecule has 0 bridgehead atoms. The summed E-state index contributed by atoms with van der Waals surface area (Å²) in [6.45, 7) is 2.61. The highest BCUT2D eigenvalue weighted by Gasteiger charge is 2.26. The number of hydrogen-bond acceptors (Lipinski definition) is 4. The van der Waals surface area contributed by atoms with Crippen molar-refractivity contribution < 1.29 is 19.3 Å². The molecule has 1 heterocycles. The molecule has 0 unspecified atom stereocenters. The van der Waals surface area contributed by atoms with Crippen LogP contribution >= 0.6 is 0 Å². The molecule has 0 aliphatic carbocycles. The van der Waals surface area contributed by atoms with Gasteiger partial charge in [0.1, 0.15) is 23.0 Å². The molecule has 4 nitrogen and oxygen atoms in total. The second kappa shape index (κ2) is 7.47. The highest BCUT2D eigenvalue weighted by molar-refractivity contribution is 5.71. The largest absolute Gasteiger partial charge is 0.508 e. The average Bonchev–Trinajstić information content (AvgIpc) is 2.74. The molecule has 4 rings (SSSR count). The fraction of sp³-hybridized carbons (Fsp3) is 0.250. The normalized spacial score (nSPS) is 15.5. The summed E-state index contributed by atoms with van der Waals surface area (Å²) in [6.07, 6.45) is 0.877. The van der Waals surface area contributed by atoms with Crippen LogP contribution in [0, 0.1) is 6.92 Å². The van der Waals surface area contributed by atoms with Crippen LogP contribution in [0.15, 0.2) is 54.6 Å². The molecule has 1 N–H and O–H groups in total. The predicted molar refractivity (Wildman–Crippen MR) is 110 cm³/mol. The topological polar surface area (TPSA) is 47.9 Å². The number of phenols is 1. The minimum absolute atomic E-state index is 0.196. The van der Waals surface area contributed by atoms with Crippen LogP contribution in [0.2, 0.25) is 0 Å². The van der Waals surface area contributed by atoms with Crippen molar-refractivity contribution in [1.82, 2.24) is 0 Å². The first-order valence-electron chi connectivity index (χ1n) is 9.37. The first-order chi connectivity index (χ1) is 13.6. The molecule has 0 saturated carbocycles. The summed E-state index contributed by atoms with van der Waals surface area (Å²) in [6, 6.07) is 17.6. The van der Waals surface area contributed by atoms with E-state index in [0.29, 0.717) is 6.61 Å². The Balaban J connectivity index is 1.73. The third-order valence-corrected chi connectivity index (χ3v) is 5.41. The van der Waals surface area contributed by atoms with Crippen molar-refractivity contribution >= 4 is 0 Å². The first-order valence-corrected chi connectivity index (χ1v) is 9.37. The number of hydrogen-bond donors (Lipinski definition) is 1. The lowest BCUT2D eigenvalue weighted by Crippen LogP contribution is -2.20. The number of benzene rings is 3. The van der Waals surface area contributed by atoms with E-state index in [2.05, 4.69) is 6.07 Å². The maximum atomic E-state index is 10.1. The molecule has 3 aromatic carbocycles. The van der Waals surface area contributed by atoms with Crippen LogP contribution in [0.25, 0.3) is 11.1 Å². The van der Waals surface area contributed by atoms with E-state index in [9.17, 15) is 5.11 Å². The van der Waals surface area contributed by atoms with Crippen LogP contribution in [-0.4, -0.2) is 25.9 Å². The van der Waals surface area contributed by atoms with Crippen LogP contribution in [0.4, 0.5) is 0 Å². The van der Waals surface area contributed by atoms with E-state index in [-0.39, 0.29) is 11.7 Å². The van der Waals surface area contributed by atoms with Crippen molar-refractivity contribution in [3.05, 3.63) is 71.3 Å². The summed E-state index contributed by atoms with van der Waals surface area (Å²) in [5.74, 6) is 3.01. The van der Waals surface area contributed by atoms with Crippen molar-refractivity contribution in [2.75, 3.05) is 20.8 Å². The van der Waals surface area contributed by atoms with Gasteiger partial charge in [0.25, 0.3) is 0 Å². The van der Waals surface area contributed by atoms with Crippen LogP contribution < -0.4 is 14.2 Å². The zero-order valence-corrected chi connectivity index (χ0v) is 16.4. The van der Waals surface area contributed by atoms with Gasteiger partial charge in [0.2, 0.25) is 0 Å². The van der Waals surface area contributed by atoms with Crippen LogP contribution in [-0.2, 0) is 6.42 Å². The quantitative estimate of drug-likeness (QED) is 0.688. The Kier molecular flexibility index (Phi) is 4.86. The molecule has 1 aliphatic heterocycles. The minimum Gasteiger partial charge on any atom is -0.508 e. The van der Waals surface area contributed by atoms with E-state index >= 15 is 0 Å².